The summed E-state index contributed by atoms with van der Waals surface area (Å²) in [5.41, 5.74) is 2.67. The fourth-order valence-electron chi connectivity index (χ4n) is 3.23. The molecule has 28 heavy (non-hydrogen) atoms. The SMILES string of the molecule is C[C@H](NC(=O)N(C)Cc1csc2ccccc12)c1ccc2c(c1)NC(=O)CO2. The van der Waals surface area contributed by atoms with E-state index in [1.807, 2.05) is 37.3 Å². The van der Waals surface area contributed by atoms with Gasteiger partial charge in [-0.25, -0.2) is 4.79 Å². The molecule has 2 aromatic carbocycles. The summed E-state index contributed by atoms with van der Waals surface area (Å²) in [5.74, 6) is 0.465. The first-order chi connectivity index (χ1) is 13.5. The number of urea groups is 1. The highest BCUT2D eigenvalue weighted by atomic mass is 32.1. The van der Waals surface area contributed by atoms with Crippen molar-refractivity contribution in [2.45, 2.75) is 19.5 Å². The van der Waals surface area contributed by atoms with Crippen LogP contribution < -0.4 is 15.4 Å². The van der Waals surface area contributed by atoms with Crippen molar-refractivity contribution < 1.29 is 14.3 Å². The molecule has 6 nitrogen and oxygen atoms in total. The normalized spacial score (nSPS) is 14.0. The number of thiophene rings is 1. The molecule has 3 aromatic rings. The van der Waals surface area contributed by atoms with E-state index in [4.69, 9.17) is 4.74 Å². The number of hydrogen-bond acceptors (Lipinski definition) is 4. The molecule has 3 amide bonds. The third-order valence-corrected chi connectivity index (χ3v) is 5.80. The quantitative estimate of drug-likeness (QED) is 0.698. The lowest BCUT2D eigenvalue weighted by molar-refractivity contribution is -0.118. The average molecular weight is 395 g/mol. The Morgan fingerprint density at radius 3 is 3.00 bits per heavy atom. The summed E-state index contributed by atoms with van der Waals surface area (Å²) < 4.78 is 6.60. The fourth-order valence-corrected chi connectivity index (χ4v) is 4.19. The van der Waals surface area contributed by atoms with Crippen molar-refractivity contribution in [1.82, 2.24) is 10.2 Å². The molecule has 7 heteroatoms. The zero-order chi connectivity index (χ0) is 19.7. The summed E-state index contributed by atoms with van der Waals surface area (Å²) in [7, 11) is 1.79. The molecule has 0 fully saturated rings. The molecule has 0 unspecified atom stereocenters. The molecule has 0 radical (unpaired) electrons. The van der Waals surface area contributed by atoms with Crippen molar-refractivity contribution in [3.05, 3.63) is 59.0 Å². The van der Waals surface area contributed by atoms with E-state index in [1.165, 1.54) is 10.1 Å². The van der Waals surface area contributed by atoms with Crippen LogP contribution in [0.25, 0.3) is 10.1 Å². The first-order valence-electron chi connectivity index (χ1n) is 9.04. The zero-order valence-corrected chi connectivity index (χ0v) is 16.5. The van der Waals surface area contributed by atoms with Crippen LogP contribution in [0.2, 0.25) is 0 Å². The minimum Gasteiger partial charge on any atom is -0.482 e. The Balaban J connectivity index is 1.42. The second kappa shape index (κ2) is 7.52. The van der Waals surface area contributed by atoms with Gasteiger partial charge in [0, 0.05) is 18.3 Å². The number of anilines is 1. The van der Waals surface area contributed by atoms with Crippen molar-refractivity contribution >= 4 is 39.0 Å². The number of hydrogen-bond donors (Lipinski definition) is 2. The molecule has 2 N–H and O–H groups in total. The fraction of sp³-hybridized carbons (Fsp3) is 0.238. The second-order valence-corrected chi connectivity index (χ2v) is 7.79. The van der Waals surface area contributed by atoms with Gasteiger partial charge in [0.25, 0.3) is 5.91 Å². The summed E-state index contributed by atoms with van der Waals surface area (Å²) in [6.45, 7) is 2.48. The van der Waals surface area contributed by atoms with Gasteiger partial charge in [-0.1, -0.05) is 24.3 Å². The minimum atomic E-state index is -0.210. The van der Waals surface area contributed by atoms with Gasteiger partial charge >= 0.3 is 6.03 Å². The molecule has 2 heterocycles. The van der Waals surface area contributed by atoms with Crippen LogP contribution in [0.4, 0.5) is 10.5 Å². The van der Waals surface area contributed by atoms with E-state index < -0.39 is 0 Å². The van der Waals surface area contributed by atoms with Crippen molar-refractivity contribution in [2.75, 3.05) is 19.0 Å². The summed E-state index contributed by atoms with van der Waals surface area (Å²) >= 11 is 1.69. The van der Waals surface area contributed by atoms with E-state index in [9.17, 15) is 9.59 Å². The molecule has 0 saturated heterocycles. The number of amides is 3. The first kappa shape index (κ1) is 18.3. The third-order valence-electron chi connectivity index (χ3n) is 4.79. The first-order valence-corrected chi connectivity index (χ1v) is 9.92. The van der Waals surface area contributed by atoms with E-state index in [-0.39, 0.29) is 24.6 Å². The zero-order valence-electron chi connectivity index (χ0n) is 15.7. The molecule has 144 valence electrons. The van der Waals surface area contributed by atoms with E-state index in [1.54, 1.807) is 23.3 Å². The van der Waals surface area contributed by atoms with Gasteiger partial charge in [0.1, 0.15) is 5.75 Å². The van der Waals surface area contributed by atoms with E-state index >= 15 is 0 Å². The topological polar surface area (TPSA) is 70.7 Å². The van der Waals surface area contributed by atoms with Gasteiger partial charge in [-0.3, -0.25) is 4.79 Å². The maximum absolute atomic E-state index is 12.7. The Morgan fingerprint density at radius 1 is 1.32 bits per heavy atom. The molecule has 4 rings (SSSR count). The lowest BCUT2D eigenvalue weighted by Crippen LogP contribution is -2.38. The van der Waals surface area contributed by atoms with Crippen molar-refractivity contribution in [3.8, 4) is 5.75 Å². The molecular formula is C21H21N3O3S. The Labute approximate surface area is 167 Å². The van der Waals surface area contributed by atoms with Crippen LogP contribution in [0.1, 0.15) is 24.1 Å². The van der Waals surface area contributed by atoms with Crippen LogP contribution in [0, 0.1) is 0 Å². The Hall–Kier alpha value is -3.06. The number of fused-ring (bicyclic) bond motifs is 2. The highest BCUT2D eigenvalue weighted by molar-refractivity contribution is 7.17. The molecule has 1 aromatic heterocycles. The van der Waals surface area contributed by atoms with E-state index in [0.29, 0.717) is 18.0 Å². The molecule has 0 aliphatic carbocycles. The monoisotopic (exact) mass is 395 g/mol. The molecule has 0 spiro atoms. The van der Waals surface area contributed by atoms with Crippen molar-refractivity contribution in [2.24, 2.45) is 0 Å². The third kappa shape index (κ3) is 3.66. The Morgan fingerprint density at radius 2 is 2.14 bits per heavy atom. The minimum absolute atomic E-state index is 0.0285. The van der Waals surface area contributed by atoms with E-state index in [0.717, 1.165) is 11.1 Å². The summed E-state index contributed by atoms with van der Waals surface area (Å²) in [4.78, 5) is 25.8. The van der Waals surface area contributed by atoms with Gasteiger partial charge in [-0.15, -0.1) is 11.3 Å². The number of carbonyl (C=O) groups excluding carboxylic acids is 2. The van der Waals surface area contributed by atoms with Crippen LogP contribution >= 0.6 is 11.3 Å². The molecule has 0 bridgehead atoms. The number of benzene rings is 2. The highest BCUT2D eigenvalue weighted by Gasteiger charge is 2.19. The van der Waals surface area contributed by atoms with Gasteiger partial charge in [-0.2, -0.15) is 0 Å². The summed E-state index contributed by atoms with van der Waals surface area (Å²) in [6.07, 6.45) is 0. The number of nitrogens with one attached hydrogen (secondary N) is 2. The number of carbonyl (C=O) groups is 2. The van der Waals surface area contributed by atoms with Crippen LogP contribution in [-0.2, 0) is 11.3 Å². The Kier molecular flexibility index (Phi) is 4.92. The standard InChI is InChI=1S/C21H21N3O3S/c1-13(14-7-8-18-17(9-14)23-20(25)11-27-18)22-21(26)24(2)10-15-12-28-19-6-4-3-5-16(15)19/h3-9,12-13H,10-11H2,1-2H3,(H,22,26)(H,23,25)/t13-/m0/s1. The average Bonchev–Trinajstić information content (AvgIpc) is 3.10. The van der Waals surface area contributed by atoms with Crippen molar-refractivity contribution in [3.63, 3.8) is 0 Å². The van der Waals surface area contributed by atoms with Gasteiger partial charge in [0.05, 0.1) is 11.7 Å². The number of rotatable bonds is 4. The lowest BCUT2D eigenvalue weighted by atomic mass is 10.1. The second-order valence-electron chi connectivity index (χ2n) is 6.88. The predicted molar refractivity (Wildman–Crippen MR) is 111 cm³/mol. The molecule has 0 saturated carbocycles. The Bertz CT molecular complexity index is 1050. The van der Waals surface area contributed by atoms with Crippen LogP contribution in [0.3, 0.4) is 0 Å². The molecule has 1 atom stereocenters. The van der Waals surface area contributed by atoms with Crippen molar-refractivity contribution in [1.29, 1.82) is 0 Å². The summed E-state index contributed by atoms with van der Waals surface area (Å²) in [6, 6.07) is 13.4. The number of nitrogens with zero attached hydrogens (tertiary/aromatic N) is 1. The molecule has 1 aliphatic heterocycles. The lowest BCUT2D eigenvalue weighted by Gasteiger charge is -2.23. The van der Waals surface area contributed by atoms with Gasteiger partial charge in [0.2, 0.25) is 0 Å². The largest absolute Gasteiger partial charge is 0.482 e. The maximum Gasteiger partial charge on any atom is 0.317 e. The molecule has 1 aliphatic rings. The van der Waals surface area contributed by atoms with Gasteiger partial charge in [-0.05, 0) is 47.0 Å². The van der Waals surface area contributed by atoms with E-state index in [2.05, 4.69) is 28.1 Å². The van der Waals surface area contributed by atoms with Crippen LogP contribution in [-0.4, -0.2) is 30.5 Å². The smallest absolute Gasteiger partial charge is 0.317 e. The maximum atomic E-state index is 12.7. The number of ether oxygens (including phenoxy) is 1. The predicted octanol–water partition coefficient (Wildman–Crippen LogP) is 4.13. The van der Waals surface area contributed by atoms with Crippen LogP contribution in [0.15, 0.2) is 47.8 Å². The highest BCUT2D eigenvalue weighted by Crippen LogP contribution is 2.31. The molecular weight excluding hydrogens is 374 g/mol. The summed E-state index contributed by atoms with van der Waals surface area (Å²) in [5, 5.41) is 9.09. The van der Waals surface area contributed by atoms with Gasteiger partial charge < -0.3 is 20.3 Å². The van der Waals surface area contributed by atoms with Crippen LogP contribution in [0.5, 0.6) is 5.75 Å². The van der Waals surface area contributed by atoms with Gasteiger partial charge in [0.15, 0.2) is 6.61 Å².